The highest BCUT2D eigenvalue weighted by molar-refractivity contribution is 7.25. The molecule has 1 aromatic heterocycles. The molecule has 270 valence electrons. The standard InChI is InChI=1S/C54H38N2S/c1-2-40-52(36-16-7-4-8-17-36)55-54(37-26-24-35(25-27-37)34-14-5-3-6-15-34)56-53(40)46-22-13-21-44-41-18-9-10-19-42(41)47-32-38(28-30-45(47)51(44)46)39-29-31-50-48(33-39)43-20-11-12-23-49(43)57-50/h3-33,40,53H,2H2,1H3. The molecule has 0 spiro atoms. The SMILES string of the molecule is CCC1C(c2ccccc2)=NC(c2ccc(-c3ccccc3)cc2)=NC1c1cccc2c3ccccc3c3cc(-c4ccc5sc6ccccc6c5c4)ccc3c12. The Labute approximate surface area is 336 Å². The Balaban J connectivity index is 1.12. The largest absolute Gasteiger partial charge is 0.257 e. The van der Waals surface area contributed by atoms with Crippen molar-refractivity contribution in [3.63, 3.8) is 0 Å². The fraction of sp³-hybridized carbons (Fsp3) is 0.0741. The van der Waals surface area contributed by atoms with Crippen molar-refractivity contribution in [3.05, 3.63) is 205 Å². The molecule has 0 radical (unpaired) electrons. The van der Waals surface area contributed by atoms with E-state index in [9.17, 15) is 0 Å². The second kappa shape index (κ2) is 13.8. The van der Waals surface area contributed by atoms with Crippen LogP contribution in [0.25, 0.3) is 74.7 Å². The third-order valence-corrected chi connectivity index (χ3v) is 13.1. The molecule has 57 heavy (non-hydrogen) atoms. The van der Waals surface area contributed by atoms with Crippen LogP contribution in [-0.4, -0.2) is 11.5 Å². The number of thiophene rings is 1. The van der Waals surface area contributed by atoms with Crippen LogP contribution in [-0.2, 0) is 0 Å². The maximum Gasteiger partial charge on any atom is 0.155 e. The van der Waals surface area contributed by atoms with Gasteiger partial charge in [0.05, 0.1) is 11.8 Å². The molecule has 2 atom stereocenters. The molecule has 2 unspecified atom stereocenters. The highest BCUT2D eigenvalue weighted by Crippen LogP contribution is 2.45. The van der Waals surface area contributed by atoms with E-state index in [1.165, 1.54) is 80.3 Å². The number of nitrogens with zero attached hydrogens (tertiary/aromatic N) is 2. The molecule has 3 heteroatoms. The first kappa shape index (κ1) is 33.6. The topological polar surface area (TPSA) is 24.7 Å². The second-order valence-corrected chi connectivity index (χ2v) is 16.2. The summed E-state index contributed by atoms with van der Waals surface area (Å²) in [5.74, 6) is 0.877. The van der Waals surface area contributed by atoms with Crippen LogP contribution in [0.5, 0.6) is 0 Å². The van der Waals surface area contributed by atoms with E-state index < -0.39 is 0 Å². The smallest absolute Gasteiger partial charge is 0.155 e. The monoisotopic (exact) mass is 746 g/mol. The van der Waals surface area contributed by atoms with Gasteiger partial charge in [0.15, 0.2) is 5.84 Å². The molecule has 2 heterocycles. The van der Waals surface area contributed by atoms with Crippen LogP contribution in [0.3, 0.4) is 0 Å². The van der Waals surface area contributed by atoms with Crippen LogP contribution in [0.4, 0.5) is 0 Å². The van der Waals surface area contributed by atoms with E-state index in [0.717, 1.165) is 29.1 Å². The highest BCUT2D eigenvalue weighted by atomic mass is 32.1. The Bertz CT molecular complexity index is 3210. The molecular formula is C54H38N2S. The third kappa shape index (κ3) is 5.69. The zero-order valence-corrected chi connectivity index (χ0v) is 32.4. The summed E-state index contributed by atoms with van der Waals surface area (Å²) in [6.07, 6.45) is 0.911. The van der Waals surface area contributed by atoms with Crippen molar-refractivity contribution in [3.8, 4) is 22.3 Å². The summed E-state index contributed by atoms with van der Waals surface area (Å²) in [7, 11) is 0. The fourth-order valence-corrected chi connectivity index (χ4v) is 10.2. The number of benzene rings is 9. The molecule has 11 rings (SSSR count). The van der Waals surface area contributed by atoms with E-state index in [1.54, 1.807) is 0 Å². The summed E-state index contributed by atoms with van der Waals surface area (Å²) in [4.78, 5) is 11.0. The summed E-state index contributed by atoms with van der Waals surface area (Å²) in [6.45, 7) is 2.28. The number of aliphatic imine (C=N–C) groups is 2. The summed E-state index contributed by atoms with van der Waals surface area (Å²) in [6, 6.07) is 68.4. The molecule has 10 aromatic rings. The van der Waals surface area contributed by atoms with Crippen LogP contribution in [0.1, 0.15) is 36.1 Å². The predicted molar refractivity (Wildman–Crippen MR) is 245 cm³/mol. The van der Waals surface area contributed by atoms with E-state index in [2.05, 4.69) is 195 Å². The molecule has 0 aliphatic carbocycles. The van der Waals surface area contributed by atoms with Crippen molar-refractivity contribution in [1.82, 2.24) is 0 Å². The molecule has 2 nitrogen and oxygen atoms in total. The second-order valence-electron chi connectivity index (χ2n) is 15.1. The van der Waals surface area contributed by atoms with E-state index in [0.29, 0.717) is 0 Å². The molecule has 0 amide bonds. The summed E-state index contributed by atoms with van der Waals surface area (Å²) in [5, 5.41) is 10.2. The summed E-state index contributed by atoms with van der Waals surface area (Å²) < 4.78 is 2.65. The minimum Gasteiger partial charge on any atom is -0.257 e. The molecule has 0 N–H and O–H groups in total. The van der Waals surface area contributed by atoms with Crippen molar-refractivity contribution in [2.75, 3.05) is 0 Å². The Morgan fingerprint density at radius 2 is 0.965 bits per heavy atom. The number of fused-ring (bicyclic) bond motifs is 9. The zero-order valence-electron chi connectivity index (χ0n) is 31.6. The van der Waals surface area contributed by atoms with Crippen LogP contribution in [0, 0.1) is 5.92 Å². The van der Waals surface area contributed by atoms with Crippen LogP contribution >= 0.6 is 11.3 Å². The predicted octanol–water partition coefficient (Wildman–Crippen LogP) is 14.9. The van der Waals surface area contributed by atoms with Crippen molar-refractivity contribution in [2.24, 2.45) is 15.9 Å². The van der Waals surface area contributed by atoms with E-state index in [-0.39, 0.29) is 12.0 Å². The molecule has 0 saturated heterocycles. The lowest BCUT2D eigenvalue weighted by molar-refractivity contribution is 0.536. The van der Waals surface area contributed by atoms with Gasteiger partial charge in [0, 0.05) is 31.7 Å². The lowest BCUT2D eigenvalue weighted by Crippen LogP contribution is -2.28. The average Bonchev–Trinajstić information content (AvgIpc) is 3.67. The van der Waals surface area contributed by atoms with Crippen LogP contribution in [0.2, 0.25) is 0 Å². The molecule has 0 bridgehead atoms. The quantitative estimate of drug-likeness (QED) is 0.151. The van der Waals surface area contributed by atoms with E-state index >= 15 is 0 Å². The highest BCUT2D eigenvalue weighted by Gasteiger charge is 2.33. The zero-order chi connectivity index (χ0) is 37.9. The molecule has 1 aliphatic rings. The Kier molecular flexibility index (Phi) is 8.15. The maximum atomic E-state index is 5.63. The van der Waals surface area contributed by atoms with Crippen molar-refractivity contribution in [2.45, 2.75) is 19.4 Å². The van der Waals surface area contributed by atoms with Gasteiger partial charge < -0.3 is 0 Å². The molecule has 0 fully saturated rings. The average molecular weight is 747 g/mol. The maximum absolute atomic E-state index is 5.63. The lowest BCUT2D eigenvalue weighted by Gasteiger charge is -2.31. The third-order valence-electron chi connectivity index (χ3n) is 11.9. The van der Waals surface area contributed by atoms with Gasteiger partial charge in [0.25, 0.3) is 0 Å². The van der Waals surface area contributed by atoms with Gasteiger partial charge in [0.2, 0.25) is 0 Å². The van der Waals surface area contributed by atoms with Crippen molar-refractivity contribution in [1.29, 1.82) is 0 Å². The molecule has 0 saturated carbocycles. The van der Waals surface area contributed by atoms with Crippen molar-refractivity contribution < 1.29 is 0 Å². The van der Waals surface area contributed by atoms with E-state index in [1.807, 2.05) is 11.3 Å². The van der Waals surface area contributed by atoms with Crippen LogP contribution < -0.4 is 0 Å². The number of hydrogen-bond donors (Lipinski definition) is 0. The van der Waals surface area contributed by atoms with Gasteiger partial charge >= 0.3 is 0 Å². The normalized spacial score (nSPS) is 15.7. The molecular weight excluding hydrogens is 709 g/mol. The minimum absolute atomic E-state index is 0.0956. The van der Waals surface area contributed by atoms with Gasteiger partial charge in [-0.05, 0) is 96.4 Å². The summed E-state index contributed by atoms with van der Waals surface area (Å²) >= 11 is 1.87. The fourth-order valence-electron chi connectivity index (χ4n) is 9.13. The molecule has 9 aromatic carbocycles. The van der Waals surface area contributed by atoms with E-state index in [4.69, 9.17) is 9.98 Å². The summed E-state index contributed by atoms with van der Waals surface area (Å²) in [5.41, 5.74) is 9.36. The first-order valence-electron chi connectivity index (χ1n) is 19.9. The Hall–Kier alpha value is -6.68. The van der Waals surface area contributed by atoms with Crippen LogP contribution in [0.15, 0.2) is 198 Å². The van der Waals surface area contributed by atoms with Gasteiger partial charge in [0.1, 0.15) is 0 Å². The first-order valence-corrected chi connectivity index (χ1v) is 20.7. The number of rotatable bonds is 6. The number of hydrogen-bond acceptors (Lipinski definition) is 3. The molecule has 1 aliphatic heterocycles. The lowest BCUT2D eigenvalue weighted by atomic mass is 9.80. The van der Waals surface area contributed by atoms with Gasteiger partial charge in [-0.15, -0.1) is 11.3 Å². The van der Waals surface area contributed by atoms with Gasteiger partial charge in [-0.3, -0.25) is 4.99 Å². The number of amidine groups is 1. The Morgan fingerprint density at radius 3 is 1.72 bits per heavy atom. The van der Waals surface area contributed by atoms with Gasteiger partial charge in [-0.25, -0.2) is 4.99 Å². The first-order chi connectivity index (χ1) is 28.2. The Morgan fingerprint density at radius 1 is 0.421 bits per heavy atom. The van der Waals surface area contributed by atoms with Gasteiger partial charge in [-0.1, -0.05) is 171 Å². The van der Waals surface area contributed by atoms with Crippen molar-refractivity contribution >= 4 is 75.4 Å². The van der Waals surface area contributed by atoms with Gasteiger partial charge in [-0.2, -0.15) is 0 Å². The minimum atomic E-state index is -0.131.